The number of nitrogens with two attached hydrogens (primary N) is 1. The molecule has 0 bridgehead atoms. The number of amides is 1. The van der Waals surface area contributed by atoms with Gasteiger partial charge in [0.2, 0.25) is 11.9 Å². The topological polar surface area (TPSA) is 105 Å². The second-order valence-electron chi connectivity index (χ2n) is 8.52. The van der Waals surface area contributed by atoms with Crippen molar-refractivity contribution in [1.82, 2.24) is 15.3 Å². The van der Waals surface area contributed by atoms with Crippen molar-refractivity contribution < 1.29 is 4.79 Å². The van der Waals surface area contributed by atoms with E-state index in [-0.39, 0.29) is 12.3 Å². The summed E-state index contributed by atoms with van der Waals surface area (Å²) in [5.41, 5.74) is 8.59. The summed E-state index contributed by atoms with van der Waals surface area (Å²) in [7, 11) is 0. The fraction of sp³-hybridized carbons (Fsp3) is 0.522. The van der Waals surface area contributed by atoms with E-state index in [0.29, 0.717) is 18.4 Å². The van der Waals surface area contributed by atoms with Gasteiger partial charge in [-0.25, -0.2) is 4.98 Å². The highest BCUT2D eigenvalue weighted by molar-refractivity contribution is 5.74. The average molecular weight is 409 g/mol. The minimum absolute atomic E-state index is 0.284. The molecule has 5 N–H and O–H groups in total. The summed E-state index contributed by atoms with van der Waals surface area (Å²) in [5, 5.41) is 10.2. The van der Waals surface area contributed by atoms with Gasteiger partial charge in [0.15, 0.2) is 0 Å². The monoisotopic (exact) mass is 408 g/mol. The van der Waals surface area contributed by atoms with Gasteiger partial charge >= 0.3 is 0 Å². The summed E-state index contributed by atoms with van der Waals surface area (Å²) in [5.74, 6) is 2.39. The number of hydrogen-bond acceptors (Lipinski definition) is 6. The van der Waals surface area contributed by atoms with Crippen LogP contribution in [0.4, 0.5) is 17.5 Å². The molecule has 2 aromatic rings. The Bertz CT molecular complexity index is 861. The third-order valence-corrected chi connectivity index (χ3v) is 5.92. The van der Waals surface area contributed by atoms with Gasteiger partial charge < -0.3 is 21.7 Å². The van der Waals surface area contributed by atoms with Gasteiger partial charge in [-0.15, -0.1) is 0 Å². The third-order valence-electron chi connectivity index (χ3n) is 5.92. The molecule has 0 radical (unpaired) electrons. The Balaban J connectivity index is 1.37. The van der Waals surface area contributed by atoms with Gasteiger partial charge in [-0.05, 0) is 61.8 Å². The van der Waals surface area contributed by atoms with Crippen LogP contribution in [0, 0.1) is 5.92 Å². The van der Waals surface area contributed by atoms with Gasteiger partial charge in [-0.2, -0.15) is 4.98 Å². The summed E-state index contributed by atoms with van der Waals surface area (Å²) in [6.45, 7) is 2.45. The molecule has 0 spiro atoms. The van der Waals surface area contributed by atoms with Crippen LogP contribution in [0.2, 0.25) is 0 Å². The number of rotatable bonds is 11. The molecule has 7 heteroatoms. The Morgan fingerprint density at radius 2 is 2.00 bits per heavy atom. The van der Waals surface area contributed by atoms with E-state index in [1.165, 1.54) is 31.2 Å². The first-order chi connectivity index (χ1) is 14.7. The molecule has 1 heterocycles. The number of carbonyl (C=O) groups excluding carboxylic acids is 1. The van der Waals surface area contributed by atoms with Crippen molar-refractivity contribution in [2.24, 2.45) is 11.7 Å². The molecule has 7 nitrogen and oxygen atoms in total. The zero-order chi connectivity index (χ0) is 20.8. The lowest BCUT2D eigenvalue weighted by atomic mass is 10.1. The molecule has 30 heavy (non-hydrogen) atoms. The molecule has 2 aliphatic rings. The number of aromatic nitrogens is 2. The van der Waals surface area contributed by atoms with Gasteiger partial charge in [0.1, 0.15) is 5.82 Å². The minimum Gasteiger partial charge on any atom is -0.370 e. The van der Waals surface area contributed by atoms with Crippen LogP contribution in [0.25, 0.3) is 0 Å². The molecule has 0 saturated heterocycles. The Labute approximate surface area is 178 Å². The minimum atomic E-state index is -0.318. The van der Waals surface area contributed by atoms with E-state index >= 15 is 0 Å². The van der Waals surface area contributed by atoms with Crippen molar-refractivity contribution in [3.63, 3.8) is 0 Å². The van der Waals surface area contributed by atoms with Crippen molar-refractivity contribution >= 4 is 23.4 Å². The second kappa shape index (κ2) is 9.89. The molecule has 0 atom stereocenters. The molecule has 160 valence electrons. The molecule has 2 saturated carbocycles. The van der Waals surface area contributed by atoms with Crippen molar-refractivity contribution in [3.8, 4) is 0 Å². The van der Waals surface area contributed by atoms with Gasteiger partial charge in [-0.3, -0.25) is 4.79 Å². The number of hydrogen-bond donors (Lipinski definition) is 4. The van der Waals surface area contributed by atoms with Gasteiger partial charge in [-0.1, -0.05) is 25.0 Å². The Kier molecular flexibility index (Phi) is 6.79. The summed E-state index contributed by atoms with van der Waals surface area (Å²) in [6.07, 6.45) is 9.99. The summed E-state index contributed by atoms with van der Waals surface area (Å²) < 4.78 is 0. The first-order valence-corrected chi connectivity index (χ1v) is 11.1. The van der Waals surface area contributed by atoms with Gasteiger partial charge in [0.05, 0.1) is 0 Å². The molecule has 1 amide bonds. The highest BCUT2D eigenvalue weighted by Gasteiger charge is 2.27. The van der Waals surface area contributed by atoms with E-state index in [4.69, 9.17) is 5.73 Å². The molecular weight excluding hydrogens is 376 g/mol. The summed E-state index contributed by atoms with van der Waals surface area (Å²) in [4.78, 5) is 20.2. The van der Waals surface area contributed by atoms with E-state index < -0.39 is 0 Å². The zero-order valence-electron chi connectivity index (χ0n) is 17.5. The molecule has 0 unspecified atom stereocenters. The maximum atomic E-state index is 11.0. The van der Waals surface area contributed by atoms with Crippen LogP contribution in [-0.2, 0) is 11.3 Å². The van der Waals surface area contributed by atoms with E-state index in [0.717, 1.165) is 48.9 Å². The fourth-order valence-corrected chi connectivity index (χ4v) is 4.11. The number of anilines is 3. The molecule has 1 aromatic heterocycles. The fourth-order valence-electron chi connectivity index (χ4n) is 4.11. The maximum Gasteiger partial charge on any atom is 0.229 e. The number of primary amides is 1. The first-order valence-electron chi connectivity index (χ1n) is 11.1. The summed E-state index contributed by atoms with van der Waals surface area (Å²) >= 11 is 0. The van der Waals surface area contributed by atoms with E-state index in [9.17, 15) is 4.79 Å². The molecule has 4 rings (SSSR count). The molecule has 2 aliphatic carbocycles. The van der Waals surface area contributed by atoms with Crippen LogP contribution in [-0.4, -0.2) is 29.0 Å². The number of carbonyl (C=O) groups is 1. The Morgan fingerprint density at radius 1 is 1.17 bits per heavy atom. The van der Waals surface area contributed by atoms with Crippen LogP contribution < -0.4 is 21.7 Å². The highest BCUT2D eigenvalue weighted by Crippen LogP contribution is 2.42. The summed E-state index contributed by atoms with van der Waals surface area (Å²) in [6, 6.07) is 8.36. The van der Waals surface area contributed by atoms with E-state index in [1.54, 1.807) is 0 Å². The van der Waals surface area contributed by atoms with Gasteiger partial charge in [0.25, 0.3) is 0 Å². The standard InChI is InChI=1S/C23H32N6O/c24-21(30)10-11-26-22-20(18-8-9-18)15-27-23(29-22)28-19-7-3-6-17(12-19)14-25-13-16-4-1-2-5-16/h3,6-7,12,15-16,18,25H,1-2,4-5,8-11,13-14H2,(H2,24,30)(H2,26,27,28,29). The van der Waals surface area contributed by atoms with Crippen LogP contribution in [0.1, 0.15) is 62.0 Å². The lowest BCUT2D eigenvalue weighted by Crippen LogP contribution is -2.20. The third kappa shape index (κ3) is 5.92. The number of benzene rings is 1. The SMILES string of the molecule is NC(=O)CCNc1nc(Nc2cccc(CNCC3CCCC3)c2)ncc1C1CC1. The van der Waals surface area contributed by atoms with Crippen molar-refractivity contribution in [3.05, 3.63) is 41.6 Å². The predicted octanol–water partition coefficient (Wildman–Crippen LogP) is 3.66. The maximum absolute atomic E-state index is 11.0. The average Bonchev–Trinajstić information content (AvgIpc) is 3.44. The quantitative estimate of drug-likeness (QED) is 0.452. The van der Waals surface area contributed by atoms with E-state index in [1.807, 2.05) is 12.3 Å². The predicted molar refractivity (Wildman–Crippen MR) is 120 cm³/mol. The number of nitrogens with zero attached hydrogens (tertiary/aromatic N) is 2. The Hall–Kier alpha value is -2.67. The second-order valence-corrected chi connectivity index (χ2v) is 8.52. The van der Waals surface area contributed by atoms with Crippen LogP contribution >= 0.6 is 0 Å². The lowest BCUT2D eigenvalue weighted by molar-refractivity contribution is -0.117. The number of nitrogens with one attached hydrogen (secondary N) is 3. The molecular formula is C23H32N6O. The highest BCUT2D eigenvalue weighted by atomic mass is 16.1. The first kappa shape index (κ1) is 20.6. The van der Waals surface area contributed by atoms with E-state index in [2.05, 4.69) is 44.1 Å². The molecule has 1 aromatic carbocycles. The van der Waals surface area contributed by atoms with Crippen LogP contribution in [0.3, 0.4) is 0 Å². The molecule has 2 fully saturated rings. The van der Waals surface area contributed by atoms with Crippen LogP contribution in [0.5, 0.6) is 0 Å². The zero-order valence-corrected chi connectivity index (χ0v) is 17.5. The van der Waals surface area contributed by atoms with Gasteiger partial charge in [0, 0.05) is 37.0 Å². The Morgan fingerprint density at radius 3 is 2.77 bits per heavy atom. The van der Waals surface area contributed by atoms with Crippen molar-refractivity contribution in [2.75, 3.05) is 23.7 Å². The van der Waals surface area contributed by atoms with Crippen LogP contribution in [0.15, 0.2) is 30.5 Å². The smallest absolute Gasteiger partial charge is 0.229 e. The molecule has 0 aliphatic heterocycles. The normalized spacial score (nSPS) is 16.5. The largest absolute Gasteiger partial charge is 0.370 e. The lowest BCUT2D eigenvalue weighted by Gasteiger charge is -2.13. The van der Waals surface area contributed by atoms with Crippen molar-refractivity contribution in [2.45, 2.75) is 57.4 Å². The van der Waals surface area contributed by atoms with Crippen molar-refractivity contribution in [1.29, 1.82) is 0 Å².